The van der Waals surface area contributed by atoms with Crippen molar-refractivity contribution in [2.24, 2.45) is 0 Å². The Hall–Kier alpha value is -0.510. The maximum Gasteiger partial charge on any atom is 0.0206 e. The fourth-order valence-electron chi connectivity index (χ4n) is 1.32. The van der Waals surface area contributed by atoms with Crippen molar-refractivity contribution in [3.63, 3.8) is 0 Å². The second kappa shape index (κ2) is 7.74. The molecule has 0 aliphatic heterocycles. The molecular weight excluding hydrogens is 204 g/mol. The summed E-state index contributed by atoms with van der Waals surface area (Å²) in [4.78, 5) is 1.36. The van der Waals surface area contributed by atoms with E-state index in [2.05, 4.69) is 41.8 Å². The molecule has 0 aliphatic rings. The molecule has 0 aromatic heterocycles. The van der Waals surface area contributed by atoms with Gasteiger partial charge in [0.2, 0.25) is 0 Å². The summed E-state index contributed by atoms with van der Waals surface area (Å²) in [5, 5.41) is 6.50. The third-order valence-corrected chi connectivity index (χ3v) is 3.01. The minimum atomic E-state index is 0.957. The van der Waals surface area contributed by atoms with Crippen LogP contribution in [0.5, 0.6) is 0 Å². The zero-order chi connectivity index (χ0) is 10.9. The van der Waals surface area contributed by atoms with Crippen LogP contribution in [0.2, 0.25) is 0 Å². The van der Waals surface area contributed by atoms with E-state index < -0.39 is 0 Å². The molecule has 0 spiro atoms. The molecule has 0 fully saturated rings. The Kier molecular flexibility index (Phi) is 6.48. The first-order valence-corrected chi connectivity index (χ1v) is 6.42. The molecule has 0 atom stereocenters. The summed E-state index contributed by atoms with van der Waals surface area (Å²) < 4.78 is 0. The Labute approximate surface area is 96.8 Å². The lowest BCUT2D eigenvalue weighted by molar-refractivity contribution is 0.650. The first kappa shape index (κ1) is 12.6. The molecule has 0 saturated carbocycles. The number of benzene rings is 1. The SMILES string of the molecule is CCSc1ccc(CNCCNC)cc1. The molecule has 0 unspecified atom stereocenters. The fourth-order valence-corrected chi connectivity index (χ4v) is 1.98. The quantitative estimate of drug-likeness (QED) is 0.548. The van der Waals surface area contributed by atoms with Crippen molar-refractivity contribution in [2.75, 3.05) is 25.9 Å². The predicted octanol–water partition coefficient (Wildman–Crippen LogP) is 2.11. The van der Waals surface area contributed by atoms with Crippen LogP contribution in [-0.4, -0.2) is 25.9 Å². The van der Waals surface area contributed by atoms with Crippen molar-refractivity contribution in [2.45, 2.75) is 18.4 Å². The van der Waals surface area contributed by atoms with Crippen LogP contribution < -0.4 is 10.6 Å². The highest BCUT2D eigenvalue weighted by Crippen LogP contribution is 2.17. The van der Waals surface area contributed by atoms with Crippen molar-refractivity contribution in [1.82, 2.24) is 10.6 Å². The predicted molar refractivity (Wildman–Crippen MR) is 68.5 cm³/mol. The van der Waals surface area contributed by atoms with Gasteiger partial charge in [-0.2, -0.15) is 0 Å². The first-order chi connectivity index (χ1) is 7.36. The summed E-state index contributed by atoms with van der Waals surface area (Å²) >= 11 is 1.89. The van der Waals surface area contributed by atoms with Crippen LogP contribution in [0.3, 0.4) is 0 Å². The molecule has 0 bridgehead atoms. The number of thioether (sulfide) groups is 1. The van der Waals surface area contributed by atoms with E-state index in [9.17, 15) is 0 Å². The van der Waals surface area contributed by atoms with Crippen molar-refractivity contribution >= 4 is 11.8 Å². The Morgan fingerprint density at radius 3 is 2.47 bits per heavy atom. The smallest absolute Gasteiger partial charge is 0.0206 e. The standard InChI is InChI=1S/C12H20N2S/c1-3-15-12-6-4-11(5-7-12)10-14-9-8-13-2/h4-7,13-14H,3,8-10H2,1-2H3. The van der Waals surface area contributed by atoms with E-state index >= 15 is 0 Å². The fraction of sp³-hybridized carbons (Fsp3) is 0.500. The molecular formula is C12H20N2S. The Balaban J connectivity index is 2.29. The van der Waals surface area contributed by atoms with Gasteiger partial charge in [-0.15, -0.1) is 11.8 Å². The topological polar surface area (TPSA) is 24.1 Å². The number of hydrogen-bond donors (Lipinski definition) is 2. The summed E-state index contributed by atoms with van der Waals surface area (Å²) in [6, 6.07) is 8.79. The second-order valence-electron chi connectivity index (χ2n) is 3.36. The summed E-state index contributed by atoms with van der Waals surface area (Å²) in [5.74, 6) is 1.14. The summed E-state index contributed by atoms with van der Waals surface area (Å²) in [6.07, 6.45) is 0. The van der Waals surface area contributed by atoms with Gasteiger partial charge in [-0.3, -0.25) is 0 Å². The van der Waals surface area contributed by atoms with E-state index in [1.54, 1.807) is 0 Å². The van der Waals surface area contributed by atoms with Gasteiger partial charge < -0.3 is 10.6 Å². The van der Waals surface area contributed by atoms with Gasteiger partial charge in [-0.25, -0.2) is 0 Å². The largest absolute Gasteiger partial charge is 0.318 e. The third-order valence-electron chi connectivity index (χ3n) is 2.12. The van der Waals surface area contributed by atoms with Crippen molar-refractivity contribution in [3.05, 3.63) is 29.8 Å². The maximum absolute atomic E-state index is 3.38. The van der Waals surface area contributed by atoms with Crippen LogP contribution >= 0.6 is 11.8 Å². The van der Waals surface area contributed by atoms with Crippen LogP contribution in [0, 0.1) is 0 Å². The number of likely N-dealkylation sites (N-methyl/N-ethyl adjacent to an activating group) is 1. The summed E-state index contributed by atoms with van der Waals surface area (Å²) in [7, 11) is 1.97. The zero-order valence-electron chi connectivity index (χ0n) is 9.55. The molecule has 3 heteroatoms. The van der Waals surface area contributed by atoms with Gasteiger partial charge in [0.05, 0.1) is 0 Å². The van der Waals surface area contributed by atoms with Gasteiger partial charge in [-0.05, 0) is 30.5 Å². The summed E-state index contributed by atoms with van der Waals surface area (Å²) in [5.41, 5.74) is 1.35. The van der Waals surface area contributed by atoms with Gasteiger partial charge >= 0.3 is 0 Å². The molecule has 0 amide bonds. The highest BCUT2D eigenvalue weighted by atomic mass is 32.2. The van der Waals surface area contributed by atoms with Crippen molar-refractivity contribution in [3.8, 4) is 0 Å². The van der Waals surface area contributed by atoms with Crippen LogP contribution in [0.25, 0.3) is 0 Å². The van der Waals surface area contributed by atoms with Crippen LogP contribution in [0.4, 0.5) is 0 Å². The minimum Gasteiger partial charge on any atom is -0.318 e. The molecule has 1 aromatic carbocycles. The molecule has 2 N–H and O–H groups in total. The highest BCUT2D eigenvalue weighted by molar-refractivity contribution is 7.99. The third kappa shape index (κ3) is 5.21. The number of nitrogens with one attached hydrogen (secondary N) is 2. The zero-order valence-corrected chi connectivity index (χ0v) is 10.4. The average Bonchev–Trinajstić information content (AvgIpc) is 2.27. The maximum atomic E-state index is 3.38. The van der Waals surface area contributed by atoms with E-state index in [1.807, 2.05) is 18.8 Å². The van der Waals surface area contributed by atoms with E-state index in [-0.39, 0.29) is 0 Å². The summed E-state index contributed by atoms with van der Waals surface area (Å²) in [6.45, 7) is 5.17. The highest BCUT2D eigenvalue weighted by Gasteiger charge is 1.94. The normalized spacial score (nSPS) is 10.5. The lowest BCUT2D eigenvalue weighted by Gasteiger charge is -2.05. The van der Waals surface area contributed by atoms with Gasteiger partial charge in [0.15, 0.2) is 0 Å². The molecule has 2 nitrogen and oxygen atoms in total. The molecule has 0 aliphatic carbocycles. The minimum absolute atomic E-state index is 0.957. The van der Waals surface area contributed by atoms with Gasteiger partial charge in [0.1, 0.15) is 0 Å². The molecule has 15 heavy (non-hydrogen) atoms. The average molecular weight is 224 g/mol. The van der Waals surface area contributed by atoms with Gasteiger partial charge in [0.25, 0.3) is 0 Å². The molecule has 0 radical (unpaired) electrons. The van der Waals surface area contributed by atoms with Crippen LogP contribution in [-0.2, 0) is 6.54 Å². The second-order valence-corrected chi connectivity index (χ2v) is 4.69. The van der Waals surface area contributed by atoms with E-state index in [0.717, 1.165) is 25.4 Å². The van der Waals surface area contributed by atoms with Crippen molar-refractivity contribution < 1.29 is 0 Å². The molecule has 0 saturated heterocycles. The first-order valence-electron chi connectivity index (χ1n) is 5.44. The lowest BCUT2D eigenvalue weighted by atomic mass is 10.2. The van der Waals surface area contributed by atoms with E-state index in [4.69, 9.17) is 0 Å². The Morgan fingerprint density at radius 1 is 1.13 bits per heavy atom. The molecule has 0 heterocycles. The van der Waals surface area contributed by atoms with Crippen LogP contribution in [0.15, 0.2) is 29.2 Å². The van der Waals surface area contributed by atoms with Gasteiger partial charge in [0, 0.05) is 24.5 Å². The molecule has 84 valence electrons. The van der Waals surface area contributed by atoms with Gasteiger partial charge in [-0.1, -0.05) is 19.1 Å². The number of rotatable bonds is 7. The molecule has 1 rings (SSSR count). The number of hydrogen-bond acceptors (Lipinski definition) is 3. The van der Waals surface area contributed by atoms with Crippen LogP contribution in [0.1, 0.15) is 12.5 Å². The molecule has 1 aromatic rings. The monoisotopic (exact) mass is 224 g/mol. The Bertz CT molecular complexity index is 259. The van der Waals surface area contributed by atoms with E-state index in [0.29, 0.717) is 0 Å². The lowest BCUT2D eigenvalue weighted by Crippen LogP contribution is -2.24. The van der Waals surface area contributed by atoms with Crippen molar-refractivity contribution in [1.29, 1.82) is 0 Å². The Morgan fingerprint density at radius 2 is 1.87 bits per heavy atom. The van der Waals surface area contributed by atoms with E-state index in [1.165, 1.54) is 10.5 Å².